The maximum absolute atomic E-state index is 14.7. The van der Waals surface area contributed by atoms with Crippen molar-refractivity contribution in [3.8, 4) is 0 Å². The van der Waals surface area contributed by atoms with E-state index < -0.39 is 15.6 Å². The zero-order valence-corrected chi connectivity index (χ0v) is 30.9. The first kappa shape index (κ1) is 35.1. The molecule has 0 radical (unpaired) electrons. The molecule has 1 N–H and O–H groups in total. The lowest BCUT2D eigenvalue weighted by atomic mass is 9.70. The summed E-state index contributed by atoms with van der Waals surface area (Å²) >= 11 is 6.50. The monoisotopic (exact) mass is 719 g/mol. The Kier molecular flexibility index (Phi) is 9.37. The van der Waals surface area contributed by atoms with Crippen molar-refractivity contribution in [2.24, 2.45) is 0 Å². The second-order valence-corrected chi connectivity index (χ2v) is 17.7. The molecule has 4 heterocycles. The first-order valence-electron chi connectivity index (χ1n) is 17.8. The molecule has 8 nitrogen and oxygen atoms in total. The highest BCUT2D eigenvalue weighted by atomic mass is 35.5. The SMILES string of the molecule is Cc1nc2ccccc2n1C1CC2CC[C@H](C1)N2CCC1(c2cccc(F)c2)CCN(C(=O)c2cc(S(=O)(=O)NC(C)(C)C)ccc2Cl)CC1. The summed E-state index contributed by atoms with van der Waals surface area (Å²) in [5.74, 6) is 0.530. The van der Waals surface area contributed by atoms with Crippen molar-refractivity contribution in [1.29, 1.82) is 0 Å². The maximum atomic E-state index is 14.7. The molecule has 266 valence electrons. The number of nitrogens with zero attached hydrogens (tertiary/aromatic N) is 4. The minimum absolute atomic E-state index is 0.000999. The largest absolute Gasteiger partial charge is 0.339 e. The molecule has 1 amide bonds. The van der Waals surface area contributed by atoms with Crippen LogP contribution in [0.5, 0.6) is 0 Å². The van der Waals surface area contributed by atoms with E-state index in [0.717, 1.165) is 42.7 Å². The normalized spacial score (nSPS) is 22.7. The lowest BCUT2D eigenvalue weighted by Gasteiger charge is -2.45. The molecule has 2 bridgehead atoms. The van der Waals surface area contributed by atoms with Gasteiger partial charge in [0.2, 0.25) is 10.0 Å². The molecule has 0 saturated carbocycles. The van der Waals surface area contributed by atoms with Crippen LogP contribution in [0.1, 0.15) is 93.5 Å². The van der Waals surface area contributed by atoms with Crippen LogP contribution in [0.15, 0.2) is 71.6 Å². The molecule has 4 aromatic rings. The number of hydrogen-bond donors (Lipinski definition) is 1. The number of sulfonamides is 1. The Morgan fingerprint density at radius 2 is 1.68 bits per heavy atom. The number of carbonyl (C=O) groups is 1. The van der Waals surface area contributed by atoms with Crippen LogP contribution in [0, 0.1) is 12.7 Å². The predicted molar refractivity (Wildman–Crippen MR) is 196 cm³/mol. The molecule has 3 atom stereocenters. The topological polar surface area (TPSA) is 87.5 Å². The van der Waals surface area contributed by atoms with Gasteiger partial charge in [-0.05, 0) is 133 Å². The lowest BCUT2D eigenvalue weighted by molar-refractivity contribution is 0.0606. The fourth-order valence-electron chi connectivity index (χ4n) is 8.90. The summed E-state index contributed by atoms with van der Waals surface area (Å²) in [6, 6.07) is 21.1. The average molecular weight is 720 g/mol. The number of piperidine rings is 2. The number of halogens is 2. The molecular weight excluding hydrogens is 673 g/mol. The number of benzene rings is 3. The minimum Gasteiger partial charge on any atom is -0.339 e. The highest BCUT2D eigenvalue weighted by Crippen LogP contribution is 2.45. The van der Waals surface area contributed by atoms with Crippen LogP contribution in [0.4, 0.5) is 4.39 Å². The number of likely N-dealkylation sites (tertiary alicyclic amines) is 1. The maximum Gasteiger partial charge on any atom is 0.255 e. The van der Waals surface area contributed by atoms with E-state index in [1.807, 2.05) is 12.1 Å². The smallest absolute Gasteiger partial charge is 0.255 e. The first-order chi connectivity index (χ1) is 23.7. The van der Waals surface area contributed by atoms with Gasteiger partial charge in [0.1, 0.15) is 11.6 Å². The van der Waals surface area contributed by atoms with Gasteiger partial charge in [-0.25, -0.2) is 22.5 Å². The zero-order valence-electron chi connectivity index (χ0n) is 29.3. The molecule has 3 aliphatic heterocycles. The van der Waals surface area contributed by atoms with Gasteiger partial charge in [0.15, 0.2) is 0 Å². The van der Waals surface area contributed by atoms with E-state index in [9.17, 15) is 17.6 Å². The third kappa shape index (κ3) is 6.84. The zero-order chi connectivity index (χ0) is 35.4. The number of para-hydroxylation sites is 2. The van der Waals surface area contributed by atoms with Crippen LogP contribution < -0.4 is 4.72 Å². The van der Waals surface area contributed by atoms with E-state index in [1.165, 1.54) is 42.6 Å². The van der Waals surface area contributed by atoms with Gasteiger partial charge in [0, 0.05) is 36.8 Å². The summed E-state index contributed by atoms with van der Waals surface area (Å²) in [7, 11) is -3.85. The molecular formula is C39H47ClFN5O3S. The Bertz CT molecular complexity index is 2000. The number of aryl methyl sites for hydroxylation is 1. The fourth-order valence-corrected chi connectivity index (χ4v) is 10.5. The second kappa shape index (κ2) is 13.3. The molecule has 3 aromatic carbocycles. The van der Waals surface area contributed by atoms with Crippen LogP contribution in [-0.4, -0.2) is 70.9 Å². The van der Waals surface area contributed by atoms with Crippen LogP contribution in [0.2, 0.25) is 5.02 Å². The van der Waals surface area contributed by atoms with Crippen LogP contribution >= 0.6 is 11.6 Å². The van der Waals surface area contributed by atoms with Gasteiger partial charge in [-0.2, -0.15) is 0 Å². The molecule has 3 fully saturated rings. The van der Waals surface area contributed by atoms with Gasteiger partial charge in [-0.3, -0.25) is 9.69 Å². The van der Waals surface area contributed by atoms with E-state index in [0.29, 0.717) is 44.1 Å². The molecule has 0 spiro atoms. The average Bonchev–Trinajstić information content (AvgIpc) is 3.52. The van der Waals surface area contributed by atoms with Gasteiger partial charge < -0.3 is 9.47 Å². The number of imidazole rings is 1. The van der Waals surface area contributed by atoms with Gasteiger partial charge >= 0.3 is 0 Å². The Hall–Kier alpha value is -3.31. The molecule has 0 aliphatic carbocycles. The molecule has 3 saturated heterocycles. The molecule has 2 unspecified atom stereocenters. The van der Waals surface area contributed by atoms with Crippen molar-refractivity contribution in [2.45, 2.75) is 107 Å². The van der Waals surface area contributed by atoms with Crippen LogP contribution in [0.25, 0.3) is 11.0 Å². The molecule has 11 heteroatoms. The third-order valence-corrected chi connectivity index (χ3v) is 13.3. The Morgan fingerprint density at radius 3 is 2.36 bits per heavy atom. The number of hydrogen-bond acceptors (Lipinski definition) is 5. The van der Waals surface area contributed by atoms with E-state index in [-0.39, 0.29) is 32.6 Å². The van der Waals surface area contributed by atoms with E-state index in [4.69, 9.17) is 16.6 Å². The van der Waals surface area contributed by atoms with E-state index in [1.54, 1.807) is 37.8 Å². The Balaban J connectivity index is 1.07. The Morgan fingerprint density at radius 1 is 0.980 bits per heavy atom. The van der Waals surface area contributed by atoms with Crippen LogP contribution in [-0.2, 0) is 15.4 Å². The number of rotatable bonds is 8. The van der Waals surface area contributed by atoms with Crippen LogP contribution in [0.3, 0.4) is 0 Å². The van der Waals surface area contributed by atoms with Gasteiger partial charge in [-0.1, -0.05) is 35.9 Å². The highest BCUT2D eigenvalue weighted by Gasteiger charge is 2.44. The van der Waals surface area contributed by atoms with Crippen molar-refractivity contribution < 1.29 is 17.6 Å². The van der Waals surface area contributed by atoms with Gasteiger partial charge in [-0.15, -0.1) is 0 Å². The number of fused-ring (bicyclic) bond motifs is 3. The standard InChI is InChI=1S/C39H47ClFN5O3S/c1-26-42-35-10-5-6-11-36(35)46(26)31-23-29-12-13-30(24-31)45(29)21-18-39(27-8-7-9-28(41)22-27)16-19-44(20-17-39)37(47)33-25-32(14-15-34(33)40)50(48,49)43-38(2,3)4/h5-11,14-15,22,25,29-31,43H,12-13,16-21,23-24H2,1-4H3/t29-,30?,31?/m1/s1. The van der Waals surface area contributed by atoms with Crippen molar-refractivity contribution in [3.63, 3.8) is 0 Å². The number of amides is 1. The molecule has 7 rings (SSSR count). The van der Waals surface area contributed by atoms with Crippen molar-refractivity contribution in [2.75, 3.05) is 19.6 Å². The minimum atomic E-state index is -3.85. The highest BCUT2D eigenvalue weighted by molar-refractivity contribution is 7.89. The number of carbonyl (C=O) groups excluding carboxylic acids is 1. The van der Waals surface area contributed by atoms with Crippen molar-refractivity contribution >= 4 is 38.6 Å². The molecule has 50 heavy (non-hydrogen) atoms. The van der Waals surface area contributed by atoms with Gasteiger partial charge in [0.25, 0.3) is 5.91 Å². The number of aromatic nitrogens is 2. The van der Waals surface area contributed by atoms with Crippen molar-refractivity contribution in [3.05, 3.63) is 94.5 Å². The summed E-state index contributed by atoms with van der Waals surface area (Å²) in [6.07, 6.45) is 6.77. The molecule has 1 aromatic heterocycles. The number of nitrogens with one attached hydrogen (secondary N) is 1. The van der Waals surface area contributed by atoms with Gasteiger partial charge in [0.05, 0.1) is 26.5 Å². The quantitative estimate of drug-likeness (QED) is 0.202. The first-order valence-corrected chi connectivity index (χ1v) is 19.7. The summed E-state index contributed by atoms with van der Waals surface area (Å²) in [4.78, 5) is 23.2. The predicted octanol–water partition coefficient (Wildman–Crippen LogP) is 7.65. The van der Waals surface area contributed by atoms with Crippen molar-refractivity contribution in [1.82, 2.24) is 24.1 Å². The Labute approximate surface area is 300 Å². The molecule has 3 aliphatic rings. The van der Waals surface area contributed by atoms with E-state index >= 15 is 0 Å². The third-order valence-electron chi connectivity index (χ3n) is 11.2. The summed E-state index contributed by atoms with van der Waals surface area (Å²) < 4.78 is 45.9. The summed E-state index contributed by atoms with van der Waals surface area (Å²) in [5.41, 5.74) is 2.44. The fraction of sp³-hybridized carbons (Fsp3) is 0.487. The summed E-state index contributed by atoms with van der Waals surface area (Å²) in [6.45, 7) is 9.26. The lowest BCUT2D eigenvalue weighted by Crippen LogP contribution is -2.49. The summed E-state index contributed by atoms with van der Waals surface area (Å²) in [5, 5.41) is 0.212. The van der Waals surface area contributed by atoms with E-state index in [2.05, 4.69) is 39.3 Å². The second-order valence-electron chi connectivity index (χ2n) is 15.6.